The molecule has 4 rings (SSSR count). The van der Waals surface area contributed by atoms with Gasteiger partial charge in [0.2, 0.25) is 0 Å². The van der Waals surface area contributed by atoms with E-state index < -0.39 is 11.7 Å². The molecule has 2 fully saturated rings. The van der Waals surface area contributed by atoms with E-state index in [2.05, 4.69) is 31.8 Å². The molecule has 1 atom stereocenters. The number of H-pyrrole nitrogens is 1. The van der Waals surface area contributed by atoms with E-state index in [0.29, 0.717) is 18.5 Å². The molecule has 0 saturated carbocycles. The first-order valence-electron chi connectivity index (χ1n) is 9.92. The van der Waals surface area contributed by atoms with Gasteiger partial charge in [0.15, 0.2) is 5.60 Å². The van der Waals surface area contributed by atoms with Crippen LogP contribution in [0.1, 0.15) is 63.0 Å². The van der Waals surface area contributed by atoms with Crippen molar-refractivity contribution in [2.45, 2.75) is 51.7 Å². The highest BCUT2D eigenvalue weighted by Crippen LogP contribution is 2.41. The molecule has 0 aliphatic carbocycles. The van der Waals surface area contributed by atoms with Crippen LogP contribution in [-0.2, 0) is 9.53 Å². The lowest BCUT2D eigenvalue weighted by molar-refractivity contribution is -0.138. The molecule has 4 heterocycles. The third kappa shape index (κ3) is 3.64. The second-order valence-corrected chi connectivity index (χ2v) is 10.3. The largest absolute Gasteiger partial charge is 0.432 e. The summed E-state index contributed by atoms with van der Waals surface area (Å²) in [6.45, 7) is 6.61. The van der Waals surface area contributed by atoms with Crippen LogP contribution < -0.4 is 0 Å². The molecule has 1 N–H and O–H groups in total. The number of aromatic amines is 1. The van der Waals surface area contributed by atoms with Crippen LogP contribution in [0.5, 0.6) is 0 Å². The zero-order chi connectivity index (χ0) is 20.8. The van der Waals surface area contributed by atoms with Gasteiger partial charge in [-0.05, 0) is 35.5 Å². The summed E-state index contributed by atoms with van der Waals surface area (Å²) in [6, 6.07) is 3.92. The quantitative estimate of drug-likeness (QED) is 0.808. The number of hydrogen-bond donors (Lipinski definition) is 1. The molecule has 154 valence electrons. The molecule has 1 unspecified atom stereocenters. The van der Waals surface area contributed by atoms with Crippen LogP contribution >= 0.6 is 11.8 Å². The van der Waals surface area contributed by atoms with E-state index in [0.717, 1.165) is 29.2 Å². The Kier molecular flexibility index (Phi) is 4.89. The van der Waals surface area contributed by atoms with Crippen molar-refractivity contribution in [3.8, 4) is 6.07 Å². The molecular formula is C21H26N4O3S. The summed E-state index contributed by atoms with van der Waals surface area (Å²) in [5.74, 6) is 1.43. The standard InChI is InChI=1S/C21H26N4O3S/c1-20(2,3)11-16-17-14(10-15(12-22)23-17)4-7-24(16)13-25-18(26)21(28-19(25)27)5-8-29-9-6-21/h4,7,10,16,23H,5-6,8-9,11,13H2,1-3H3. The van der Waals surface area contributed by atoms with Crippen molar-refractivity contribution >= 4 is 29.8 Å². The lowest BCUT2D eigenvalue weighted by atomic mass is 9.85. The van der Waals surface area contributed by atoms with Crippen LogP contribution in [0, 0.1) is 16.7 Å². The molecule has 0 bridgehead atoms. The minimum atomic E-state index is -0.979. The lowest BCUT2D eigenvalue weighted by Gasteiger charge is -2.38. The van der Waals surface area contributed by atoms with Crippen molar-refractivity contribution in [1.82, 2.24) is 14.8 Å². The molecule has 29 heavy (non-hydrogen) atoms. The third-order valence-electron chi connectivity index (χ3n) is 5.73. The lowest BCUT2D eigenvalue weighted by Crippen LogP contribution is -2.47. The highest BCUT2D eigenvalue weighted by molar-refractivity contribution is 7.99. The van der Waals surface area contributed by atoms with Crippen molar-refractivity contribution in [3.63, 3.8) is 0 Å². The van der Waals surface area contributed by atoms with Crippen molar-refractivity contribution in [1.29, 1.82) is 5.26 Å². The molecule has 3 aliphatic rings. The van der Waals surface area contributed by atoms with Crippen molar-refractivity contribution in [3.05, 3.63) is 29.2 Å². The molecule has 1 aromatic rings. The van der Waals surface area contributed by atoms with E-state index >= 15 is 0 Å². The first-order chi connectivity index (χ1) is 13.7. The Morgan fingerprint density at radius 2 is 2.07 bits per heavy atom. The highest BCUT2D eigenvalue weighted by atomic mass is 32.2. The fourth-order valence-corrected chi connectivity index (χ4v) is 5.40. The van der Waals surface area contributed by atoms with Gasteiger partial charge in [0, 0.05) is 30.3 Å². The third-order valence-corrected chi connectivity index (χ3v) is 6.71. The Morgan fingerprint density at radius 3 is 2.72 bits per heavy atom. The Bertz CT molecular complexity index is 902. The number of nitrogens with one attached hydrogen (secondary N) is 1. The molecule has 3 aliphatic heterocycles. The average molecular weight is 415 g/mol. The molecule has 8 heteroatoms. The number of nitriles is 1. The number of rotatable bonds is 3. The monoisotopic (exact) mass is 414 g/mol. The molecule has 2 amide bonds. The molecule has 0 aromatic carbocycles. The molecule has 0 radical (unpaired) electrons. The summed E-state index contributed by atoms with van der Waals surface area (Å²) in [4.78, 5) is 32.2. The maximum Gasteiger partial charge on any atom is 0.419 e. The second kappa shape index (κ2) is 7.13. The molecule has 1 aromatic heterocycles. The van der Waals surface area contributed by atoms with Crippen LogP contribution in [-0.4, -0.2) is 50.6 Å². The van der Waals surface area contributed by atoms with E-state index in [1.165, 1.54) is 4.90 Å². The van der Waals surface area contributed by atoms with Crippen LogP contribution in [0.15, 0.2) is 12.3 Å². The fraction of sp³-hybridized carbons (Fsp3) is 0.571. The fourth-order valence-electron chi connectivity index (χ4n) is 4.25. The first-order valence-corrected chi connectivity index (χ1v) is 11.1. The van der Waals surface area contributed by atoms with Crippen molar-refractivity contribution in [2.75, 3.05) is 18.2 Å². The Morgan fingerprint density at radius 1 is 1.34 bits per heavy atom. The van der Waals surface area contributed by atoms with Gasteiger partial charge in [0.05, 0.1) is 6.04 Å². The number of nitrogens with zero attached hydrogens (tertiary/aromatic N) is 3. The first kappa shape index (κ1) is 19.9. The highest BCUT2D eigenvalue weighted by Gasteiger charge is 2.54. The molecule has 7 nitrogen and oxygen atoms in total. The number of imide groups is 1. The van der Waals surface area contributed by atoms with Gasteiger partial charge in [0.25, 0.3) is 5.91 Å². The Balaban J connectivity index is 1.60. The number of amides is 2. The number of ether oxygens (including phenoxy) is 1. The van der Waals surface area contributed by atoms with Gasteiger partial charge in [-0.15, -0.1) is 0 Å². The predicted octanol–water partition coefficient (Wildman–Crippen LogP) is 3.85. The normalized spacial score (nSPS) is 23.3. The zero-order valence-corrected chi connectivity index (χ0v) is 17.8. The Hall–Kier alpha value is -2.40. The molecule has 2 saturated heterocycles. The van der Waals surface area contributed by atoms with E-state index in [4.69, 9.17) is 4.74 Å². The zero-order valence-electron chi connectivity index (χ0n) is 17.0. The summed E-state index contributed by atoms with van der Waals surface area (Å²) in [5.41, 5.74) is 1.47. The summed E-state index contributed by atoms with van der Waals surface area (Å²) < 4.78 is 5.61. The second-order valence-electron chi connectivity index (χ2n) is 9.12. The van der Waals surface area contributed by atoms with Crippen LogP contribution in [0.3, 0.4) is 0 Å². The van der Waals surface area contributed by atoms with Gasteiger partial charge in [-0.3, -0.25) is 4.79 Å². The minimum Gasteiger partial charge on any atom is -0.432 e. The predicted molar refractivity (Wildman–Crippen MR) is 111 cm³/mol. The van der Waals surface area contributed by atoms with Crippen molar-refractivity contribution < 1.29 is 14.3 Å². The van der Waals surface area contributed by atoms with Crippen LogP contribution in [0.2, 0.25) is 0 Å². The van der Waals surface area contributed by atoms with Gasteiger partial charge < -0.3 is 14.6 Å². The van der Waals surface area contributed by atoms with Gasteiger partial charge in [-0.2, -0.15) is 17.0 Å². The molecular weight excluding hydrogens is 388 g/mol. The van der Waals surface area contributed by atoms with Gasteiger partial charge >= 0.3 is 6.09 Å². The van der Waals surface area contributed by atoms with Crippen LogP contribution in [0.4, 0.5) is 4.79 Å². The smallest absolute Gasteiger partial charge is 0.419 e. The number of carbonyl (C=O) groups excluding carboxylic acids is 2. The SMILES string of the molecule is CC(C)(C)CC1c2[nH]c(C#N)cc2C=CN1CN1C(=O)OC2(CCSCC2)C1=O. The maximum absolute atomic E-state index is 13.1. The van der Waals surface area contributed by atoms with Gasteiger partial charge in [-0.1, -0.05) is 20.8 Å². The minimum absolute atomic E-state index is 0.0145. The van der Waals surface area contributed by atoms with E-state index in [1.807, 2.05) is 23.2 Å². The summed E-state index contributed by atoms with van der Waals surface area (Å²) in [7, 11) is 0. The van der Waals surface area contributed by atoms with Gasteiger partial charge in [0.1, 0.15) is 18.4 Å². The van der Waals surface area contributed by atoms with E-state index in [9.17, 15) is 14.9 Å². The number of thioether (sulfide) groups is 1. The van der Waals surface area contributed by atoms with Crippen LogP contribution in [0.25, 0.3) is 6.08 Å². The topological polar surface area (TPSA) is 89.4 Å². The number of fused-ring (bicyclic) bond motifs is 1. The number of carbonyl (C=O) groups is 2. The number of hydrogen-bond acceptors (Lipinski definition) is 6. The summed E-state index contributed by atoms with van der Waals surface area (Å²) >= 11 is 1.79. The summed E-state index contributed by atoms with van der Waals surface area (Å²) in [6.07, 6.45) is 5.23. The maximum atomic E-state index is 13.1. The Labute approximate surface area is 175 Å². The average Bonchev–Trinajstić information content (AvgIpc) is 3.18. The van der Waals surface area contributed by atoms with E-state index in [-0.39, 0.29) is 24.0 Å². The summed E-state index contributed by atoms with van der Waals surface area (Å²) in [5, 5.41) is 9.28. The van der Waals surface area contributed by atoms with E-state index in [1.54, 1.807) is 11.8 Å². The number of aromatic nitrogens is 1. The molecule has 1 spiro atoms. The van der Waals surface area contributed by atoms with Gasteiger partial charge in [-0.25, -0.2) is 9.69 Å². The van der Waals surface area contributed by atoms with Crippen molar-refractivity contribution in [2.24, 2.45) is 5.41 Å².